The van der Waals surface area contributed by atoms with E-state index in [9.17, 15) is 4.79 Å². The molecule has 6 nitrogen and oxygen atoms in total. The van der Waals surface area contributed by atoms with Crippen LogP contribution in [0.3, 0.4) is 0 Å². The summed E-state index contributed by atoms with van der Waals surface area (Å²) < 4.78 is 12.7. The van der Waals surface area contributed by atoms with Gasteiger partial charge < -0.3 is 13.7 Å². The first-order valence-corrected chi connectivity index (χ1v) is 7.75. The Balaban J connectivity index is 2.16. The molecule has 0 radical (unpaired) electrons. The zero-order chi connectivity index (χ0) is 16.4. The zero-order valence-corrected chi connectivity index (χ0v) is 13.4. The topological polar surface area (TPSA) is 70.2 Å². The number of carbonyl (C=O) groups excluding carboxylic acids is 1. The molecule has 2 aromatic heterocycles. The third kappa shape index (κ3) is 2.72. The van der Waals surface area contributed by atoms with Crippen LogP contribution in [0.15, 0.2) is 34.7 Å². The molecule has 1 atom stereocenters. The van der Waals surface area contributed by atoms with Gasteiger partial charge in [-0.15, -0.1) is 10.2 Å². The number of aryl methyl sites for hydroxylation is 1. The highest BCUT2D eigenvalue weighted by molar-refractivity contribution is 5.88. The Morgan fingerprint density at radius 2 is 2.09 bits per heavy atom. The van der Waals surface area contributed by atoms with Gasteiger partial charge in [0, 0.05) is 17.3 Å². The third-order valence-corrected chi connectivity index (χ3v) is 3.75. The Labute approximate surface area is 134 Å². The number of esters is 1. The van der Waals surface area contributed by atoms with Crippen LogP contribution in [-0.2, 0) is 16.0 Å². The van der Waals surface area contributed by atoms with Crippen molar-refractivity contribution in [1.29, 1.82) is 0 Å². The average Bonchev–Trinajstić information content (AvgIpc) is 3.18. The smallest absolute Gasteiger partial charge is 0.328 e. The number of aromatic nitrogens is 3. The molecule has 1 unspecified atom stereocenters. The van der Waals surface area contributed by atoms with Crippen LogP contribution < -0.4 is 0 Å². The van der Waals surface area contributed by atoms with Gasteiger partial charge >= 0.3 is 5.97 Å². The summed E-state index contributed by atoms with van der Waals surface area (Å²) in [4.78, 5) is 12.2. The number of nitrogens with zero attached hydrogens (tertiary/aromatic N) is 3. The van der Waals surface area contributed by atoms with Gasteiger partial charge in [0.25, 0.3) is 5.89 Å². The number of carbonyl (C=O) groups is 1. The maximum atomic E-state index is 12.2. The molecule has 0 saturated heterocycles. The van der Waals surface area contributed by atoms with E-state index < -0.39 is 6.04 Å². The molecule has 6 heteroatoms. The van der Waals surface area contributed by atoms with Gasteiger partial charge in [-0.3, -0.25) is 0 Å². The van der Waals surface area contributed by atoms with E-state index in [0.29, 0.717) is 24.8 Å². The first-order chi connectivity index (χ1) is 11.2. The first-order valence-electron chi connectivity index (χ1n) is 7.75. The van der Waals surface area contributed by atoms with Crippen LogP contribution in [0, 0.1) is 0 Å². The largest absolute Gasteiger partial charge is 0.464 e. The van der Waals surface area contributed by atoms with Crippen molar-refractivity contribution in [1.82, 2.24) is 14.8 Å². The minimum atomic E-state index is -0.484. The van der Waals surface area contributed by atoms with E-state index in [2.05, 4.69) is 10.2 Å². The second kappa shape index (κ2) is 6.24. The van der Waals surface area contributed by atoms with Crippen LogP contribution in [0.1, 0.15) is 32.7 Å². The van der Waals surface area contributed by atoms with Crippen molar-refractivity contribution in [2.45, 2.75) is 33.2 Å². The summed E-state index contributed by atoms with van der Waals surface area (Å²) in [5.41, 5.74) is 1.65. The van der Waals surface area contributed by atoms with Gasteiger partial charge in [0.2, 0.25) is 5.89 Å². The molecule has 0 saturated carbocycles. The fraction of sp³-hybridized carbons (Fsp3) is 0.353. The molecule has 0 aliphatic rings. The molecule has 0 spiro atoms. The Bertz CT molecular complexity index is 835. The third-order valence-electron chi connectivity index (χ3n) is 3.75. The van der Waals surface area contributed by atoms with Gasteiger partial charge in [-0.1, -0.05) is 25.1 Å². The molecular formula is C17H19N3O3. The second-order valence-electron chi connectivity index (χ2n) is 5.24. The monoisotopic (exact) mass is 313 g/mol. The molecule has 0 aliphatic carbocycles. The van der Waals surface area contributed by atoms with E-state index >= 15 is 0 Å². The fourth-order valence-electron chi connectivity index (χ4n) is 2.63. The quantitative estimate of drug-likeness (QED) is 0.675. The maximum Gasteiger partial charge on any atom is 0.328 e. The molecule has 3 aromatic rings. The Morgan fingerprint density at radius 1 is 1.30 bits per heavy atom. The molecule has 0 amide bonds. The van der Waals surface area contributed by atoms with Crippen molar-refractivity contribution < 1.29 is 13.9 Å². The van der Waals surface area contributed by atoms with Gasteiger partial charge in [-0.25, -0.2) is 4.79 Å². The summed E-state index contributed by atoms with van der Waals surface area (Å²) in [6, 6.07) is 9.32. The summed E-state index contributed by atoms with van der Waals surface area (Å²) in [6.07, 6.45) is 0.667. The number of fused-ring (bicyclic) bond motifs is 1. The highest BCUT2D eigenvalue weighted by atomic mass is 16.5. The van der Waals surface area contributed by atoms with E-state index in [1.165, 1.54) is 0 Å². The van der Waals surface area contributed by atoms with Gasteiger partial charge in [0.05, 0.1) is 6.61 Å². The van der Waals surface area contributed by atoms with Crippen molar-refractivity contribution in [2.24, 2.45) is 0 Å². The van der Waals surface area contributed by atoms with Gasteiger partial charge in [0.15, 0.2) is 0 Å². The molecule has 0 fully saturated rings. The lowest BCUT2D eigenvalue weighted by atomic mass is 10.2. The standard InChI is InChI=1S/C17H19N3O3/c1-4-15-18-19-16(23-15)14-10-12-8-6-7-9-13(12)20(14)11(3)17(21)22-5-2/h6-11H,4-5H2,1-3H3. The van der Waals surface area contributed by atoms with Crippen LogP contribution >= 0.6 is 0 Å². The van der Waals surface area contributed by atoms with Crippen LogP contribution in [0.5, 0.6) is 0 Å². The Hall–Kier alpha value is -2.63. The molecule has 1 aromatic carbocycles. The summed E-state index contributed by atoms with van der Waals surface area (Å²) in [5, 5.41) is 9.14. The van der Waals surface area contributed by atoms with Crippen molar-refractivity contribution in [3.05, 3.63) is 36.2 Å². The molecular weight excluding hydrogens is 294 g/mol. The summed E-state index contributed by atoms with van der Waals surface area (Å²) in [5.74, 6) is 0.695. The van der Waals surface area contributed by atoms with E-state index in [1.54, 1.807) is 6.92 Å². The predicted molar refractivity (Wildman–Crippen MR) is 86.0 cm³/mol. The van der Waals surface area contributed by atoms with Crippen LogP contribution in [0.25, 0.3) is 22.5 Å². The molecule has 23 heavy (non-hydrogen) atoms. The number of ether oxygens (including phenoxy) is 1. The van der Waals surface area contributed by atoms with E-state index in [0.717, 1.165) is 16.6 Å². The summed E-state index contributed by atoms with van der Waals surface area (Å²) in [6.45, 7) is 5.90. The van der Waals surface area contributed by atoms with E-state index in [1.807, 2.05) is 48.7 Å². The highest BCUT2D eigenvalue weighted by Crippen LogP contribution is 2.31. The molecule has 3 rings (SSSR count). The predicted octanol–water partition coefficient (Wildman–Crippen LogP) is 3.38. The Morgan fingerprint density at radius 3 is 2.78 bits per heavy atom. The lowest BCUT2D eigenvalue weighted by Crippen LogP contribution is -2.19. The molecule has 2 heterocycles. The summed E-state index contributed by atoms with van der Waals surface area (Å²) >= 11 is 0. The lowest BCUT2D eigenvalue weighted by Gasteiger charge is -2.16. The average molecular weight is 313 g/mol. The minimum absolute atomic E-state index is 0.287. The van der Waals surface area contributed by atoms with Crippen LogP contribution in [-0.4, -0.2) is 27.3 Å². The van der Waals surface area contributed by atoms with Crippen LogP contribution in [0.4, 0.5) is 0 Å². The van der Waals surface area contributed by atoms with E-state index in [4.69, 9.17) is 9.15 Å². The fourth-order valence-corrected chi connectivity index (χ4v) is 2.63. The zero-order valence-electron chi connectivity index (χ0n) is 13.4. The van der Waals surface area contributed by atoms with Crippen molar-refractivity contribution >= 4 is 16.9 Å². The van der Waals surface area contributed by atoms with E-state index in [-0.39, 0.29) is 5.97 Å². The molecule has 0 bridgehead atoms. The molecule has 120 valence electrons. The highest BCUT2D eigenvalue weighted by Gasteiger charge is 2.24. The van der Waals surface area contributed by atoms with Gasteiger partial charge in [0.1, 0.15) is 11.7 Å². The molecule has 0 aliphatic heterocycles. The van der Waals surface area contributed by atoms with Crippen molar-refractivity contribution in [3.63, 3.8) is 0 Å². The normalized spacial score (nSPS) is 12.5. The summed E-state index contributed by atoms with van der Waals surface area (Å²) in [7, 11) is 0. The maximum absolute atomic E-state index is 12.2. The number of benzene rings is 1. The number of rotatable bonds is 5. The molecule has 0 N–H and O–H groups in total. The Kier molecular flexibility index (Phi) is 4.14. The number of hydrogen-bond acceptors (Lipinski definition) is 5. The minimum Gasteiger partial charge on any atom is -0.464 e. The lowest BCUT2D eigenvalue weighted by molar-refractivity contribution is -0.146. The number of para-hydroxylation sites is 1. The number of hydrogen-bond donors (Lipinski definition) is 0. The van der Waals surface area contributed by atoms with Gasteiger partial charge in [-0.05, 0) is 26.0 Å². The second-order valence-corrected chi connectivity index (χ2v) is 5.24. The SMILES string of the molecule is CCOC(=O)C(C)n1c(-c2nnc(CC)o2)cc2ccccc21. The first kappa shape index (κ1) is 15.3. The van der Waals surface area contributed by atoms with Gasteiger partial charge in [-0.2, -0.15) is 0 Å². The van der Waals surface area contributed by atoms with Crippen molar-refractivity contribution in [2.75, 3.05) is 6.61 Å². The van der Waals surface area contributed by atoms with Crippen LogP contribution in [0.2, 0.25) is 0 Å². The van der Waals surface area contributed by atoms with Crippen molar-refractivity contribution in [3.8, 4) is 11.6 Å².